The van der Waals surface area contributed by atoms with Crippen LogP contribution in [0.25, 0.3) is 0 Å². The van der Waals surface area contributed by atoms with Crippen LogP contribution in [0.1, 0.15) is 51.5 Å². The zero-order valence-corrected chi connectivity index (χ0v) is 20.6. The Bertz CT molecular complexity index is 1040. The fourth-order valence-electron chi connectivity index (χ4n) is 6.15. The first-order chi connectivity index (χ1) is 15.6. The van der Waals surface area contributed by atoms with Crippen molar-refractivity contribution in [2.24, 2.45) is 17.8 Å². The van der Waals surface area contributed by atoms with Gasteiger partial charge in [-0.2, -0.15) is 30.6 Å². The average molecular weight is 504 g/mol. The van der Waals surface area contributed by atoms with Crippen LogP contribution in [0.5, 0.6) is 5.75 Å². The molecule has 5 rings (SSSR count). The zero-order valence-electron chi connectivity index (χ0n) is 19.8. The highest BCUT2D eigenvalue weighted by molar-refractivity contribution is 7.87. The number of nitrogens with one attached hydrogen (secondary N) is 2. The predicted octanol–water partition coefficient (Wildman–Crippen LogP) is 3.32. The van der Waals surface area contributed by atoms with Crippen LogP contribution in [0.3, 0.4) is 0 Å². The second-order valence-electron chi connectivity index (χ2n) is 10.8. The van der Waals surface area contributed by atoms with Crippen molar-refractivity contribution in [3.8, 4) is 5.75 Å². The van der Waals surface area contributed by atoms with Gasteiger partial charge in [-0.25, -0.2) is 0 Å². The summed E-state index contributed by atoms with van der Waals surface area (Å²) < 4.78 is 73.9. The molecule has 4 saturated carbocycles. The van der Waals surface area contributed by atoms with E-state index >= 15 is 0 Å². The summed E-state index contributed by atoms with van der Waals surface area (Å²) >= 11 is 0. The van der Waals surface area contributed by atoms with Gasteiger partial charge >= 0.3 is 6.18 Å². The second-order valence-corrected chi connectivity index (χ2v) is 12.7. The Kier molecular flexibility index (Phi) is 6.22. The first-order valence-electron chi connectivity index (χ1n) is 11.5. The van der Waals surface area contributed by atoms with Crippen molar-refractivity contribution in [1.82, 2.24) is 14.3 Å². The molecule has 34 heavy (non-hydrogen) atoms. The number of carbonyl (C=O) groups is 1. The molecule has 0 heterocycles. The van der Waals surface area contributed by atoms with E-state index in [0.29, 0.717) is 18.8 Å². The monoisotopic (exact) mass is 503 g/mol. The number of hydrogen-bond acceptors (Lipinski definition) is 4. The summed E-state index contributed by atoms with van der Waals surface area (Å²) in [5.41, 5.74) is -2.72. The first-order valence-corrected chi connectivity index (χ1v) is 12.9. The minimum atomic E-state index is -4.50. The molecule has 7 nitrogen and oxygen atoms in total. The lowest BCUT2D eigenvalue weighted by atomic mass is 9.51. The molecule has 190 valence electrons. The first kappa shape index (κ1) is 25.2. The Morgan fingerprint density at radius 3 is 2.29 bits per heavy atom. The van der Waals surface area contributed by atoms with Crippen molar-refractivity contribution >= 4 is 16.1 Å². The van der Waals surface area contributed by atoms with E-state index < -0.39 is 39.0 Å². The Hall–Kier alpha value is -1.85. The summed E-state index contributed by atoms with van der Waals surface area (Å²) in [7, 11) is -0.581. The quantitative estimate of drug-likeness (QED) is 0.598. The molecule has 0 aliphatic heterocycles. The van der Waals surface area contributed by atoms with Crippen LogP contribution in [-0.4, -0.2) is 49.9 Å². The Morgan fingerprint density at radius 2 is 1.74 bits per heavy atom. The summed E-state index contributed by atoms with van der Waals surface area (Å²) in [6.45, 7) is 3.07. The second kappa shape index (κ2) is 8.37. The molecule has 4 aliphatic carbocycles. The van der Waals surface area contributed by atoms with Crippen LogP contribution in [-0.2, 0) is 21.2 Å². The van der Waals surface area contributed by atoms with Crippen LogP contribution in [0.15, 0.2) is 24.3 Å². The van der Waals surface area contributed by atoms with Crippen molar-refractivity contribution in [3.63, 3.8) is 0 Å². The zero-order chi connectivity index (χ0) is 25.1. The molecule has 0 saturated heterocycles. The Balaban J connectivity index is 1.45. The van der Waals surface area contributed by atoms with E-state index in [1.807, 2.05) is 0 Å². The summed E-state index contributed by atoms with van der Waals surface area (Å²) in [5.74, 6) is 0.237. The van der Waals surface area contributed by atoms with E-state index in [1.54, 1.807) is 0 Å². The normalized spacial score (nSPS) is 31.1. The van der Waals surface area contributed by atoms with E-state index in [-0.39, 0.29) is 23.6 Å². The van der Waals surface area contributed by atoms with Gasteiger partial charge in [-0.15, -0.1) is 0 Å². The summed E-state index contributed by atoms with van der Waals surface area (Å²) in [4.78, 5) is 13.2. The molecule has 4 bridgehead atoms. The van der Waals surface area contributed by atoms with Crippen LogP contribution in [0, 0.1) is 17.8 Å². The predicted molar refractivity (Wildman–Crippen MR) is 120 cm³/mol. The van der Waals surface area contributed by atoms with Gasteiger partial charge in [0.25, 0.3) is 16.1 Å². The molecule has 3 unspecified atom stereocenters. The van der Waals surface area contributed by atoms with Crippen molar-refractivity contribution in [1.29, 1.82) is 0 Å². The number of benzene rings is 1. The van der Waals surface area contributed by atoms with Gasteiger partial charge in [-0.1, -0.05) is 6.07 Å². The minimum absolute atomic E-state index is 0.0305. The molecule has 1 aromatic rings. The van der Waals surface area contributed by atoms with Crippen molar-refractivity contribution in [2.75, 3.05) is 14.1 Å². The maximum Gasteiger partial charge on any atom is 0.416 e. The van der Waals surface area contributed by atoms with E-state index in [1.165, 1.54) is 44.4 Å². The average Bonchev–Trinajstić information content (AvgIpc) is 2.68. The molecule has 5 atom stereocenters. The van der Waals surface area contributed by atoms with E-state index in [4.69, 9.17) is 4.74 Å². The number of carbonyl (C=O) groups excluding carboxylic acids is 1. The molecule has 0 spiro atoms. The Labute approximate surface area is 198 Å². The van der Waals surface area contributed by atoms with E-state index in [0.717, 1.165) is 31.4 Å². The maximum atomic E-state index is 13.2. The molecule has 4 fully saturated rings. The lowest BCUT2D eigenvalue weighted by molar-refractivity contribution is -0.139. The lowest BCUT2D eigenvalue weighted by Gasteiger charge is -2.60. The van der Waals surface area contributed by atoms with Gasteiger partial charge in [0.2, 0.25) is 0 Å². The molecule has 1 amide bonds. The van der Waals surface area contributed by atoms with Crippen molar-refractivity contribution in [2.45, 2.75) is 69.3 Å². The van der Waals surface area contributed by atoms with Gasteiger partial charge in [0.15, 0.2) is 5.60 Å². The number of alkyl halides is 3. The topological polar surface area (TPSA) is 87.7 Å². The number of amides is 1. The molecule has 4 aliphatic rings. The van der Waals surface area contributed by atoms with Crippen LogP contribution in [0.4, 0.5) is 13.2 Å². The van der Waals surface area contributed by atoms with Gasteiger partial charge in [0.05, 0.1) is 5.56 Å². The fraction of sp³-hybridized carbons (Fsp3) is 0.696. The Morgan fingerprint density at radius 1 is 1.12 bits per heavy atom. The van der Waals surface area contributed by atoms with Crippen LogP contribution >= 0.6 is 0 Å². The van der Waals surface area contributed by atoms with Gasteiger partial charge in [-0.3, -0.25) is 4.79 Å². The summed E-state index contributed by atoms with van der Waals surface area (Å²) in [6, 6.07) is 4.37. The maximum absolute atomic E-state index is 13.2. The van der Waals surface area contributed by atoms with Gasteiger partial charge in [0, 0.05) is 25.7 Å². The largest absolute Gasteiger partial charge is 0.478 e. The standard InChI is InChI=1S/C23H32F3N3O4S/c1-21(2,33-18-7-5-6-17(10-18)23(24,25)26)20(30)27-19-15-8-14-9-16(19)13-22(11-14,12-15)28-34(31,32)29(3)4/h5-7,10,14-16,19,28H,8-9,11-13H2,1-4H3,(H,27,30)/t14?,15-,16+,19?,22?. The number of halogens is 3. The number of ether oxygens (including phenoxy) is 1. The minimum Gasteiger partial charge on any atom is -0.478 e. The molecule has 0 radical (unpaired) electrons. The number of hydrogen-bond donors (Lipinski definition) is 2. The molecule has 1 aromatic carbocycles. The van der Waals surface area contributed by atoms with Crippen molar-refractivity contribution < 1.29 is 31.1 Å². The third-order valence-corrected chi connectivity index (χ3v) is 9.13. The number of nitrogens with zero attached hydrogens (tertiary/aromatic N) is 1. The highest BCUT2D eigenvalue weighted by atomic mass is 32.2. The molecular formula is C23H32F3N3O4S. The fourth-order valence-corrected chi connectivity index (χ4v) is 7.13. The van der Waals surface area contributed by atoms with Crippen molar-refractivity contribution in [3.05, 3.63) is 29.8 Å². The van der Waals surface area contributed by atoms with E-state index in [2.05, 4.69) is 10.0 Å². The lowest BCUT2D eigenvalue weighted by Crippen LogP contribution is -2.68. The van der Waals surface area contributed by atoms with Crippen LogP contribution in [0.2, 0.25) is 0 Å². The highest BCUT2D eigenvalue weighted by Crippen LogP contribution is 2.56. The molecular weight excluding hydrogens is 471 g/mol. The molecule has 2 N–H and O–H groups in total. The van der Waals surface area contributed by atoms with Gasteiger partial charge < -0.3 is 10.1 Å². The van der Waals surface area contributed by atoms with Crippen LogP contribution < -0.4 is 14.8 Å². The summed E-state index contributed by atoms with van der Waals surface area (Å²) in [5, 5.41) is 3.10. The third-order valence-electron chi connectivity index (χ3n) is 7.48. The molecule has 11 heteroatoms. The van der Waals surface area contributed by atoms with E-state index in [9.17, 15) is 26.4 Å². The molecule has 0 aromatic heterocycles. The van der Waals surface area contributed by atoms with Gasteiger partial charge in [-0.05, 0) is 81.9 Å². The summed E-state index contributed by atoms with van der Waals surface area (Å²) in [6.07, 6.45) is -0.572. The van der Waals surface area contributed by atoms with Gasteiger partial charge in [0.1, 0.15) is 5.75 Å². The SMILES string of the molecule is CN(C)S(=O)(=O)NC12CC3C[C@H](C1)C(NC(=O)C(C)(C)Oc1cccc(C(F)(F)F)c1)[C@@H](C3)C2. The third kappa shape index (κ3) is 4.92. The highest BCUT2D eigenvalue weighted by Gasteiger charge is 2.57. The smallest absolute Gasteiger partial charge is 0.416 e. The number of rotatable bonds is 7.